The molecule has 2 rings (SSSR count). The molecule has 1 aromatic carbocycles. The Hall–Kier alpha value is -0.910. The Kier molecular flexibility index (Phi) is 4.96. The maximum absolute atomic E-state index is 11.1. The van der Waals surface area contributed by atoms with Gasteiger partial charge in [0.05, 0.1) is 4.90 Å². The highest BCUT2D eigenvalue weighted by Gasteiger charge is 2.13. The number of benzene rings is 1. The first kappa shape index (κ1) is 14.5. The predicted octanol–water partition coefficient (Wildman–Crippen LogP) is 1.66. The van der Waals surface area contributed by atoms with Gasteiger partial charge < -0.3 is 5.32 Å². The van der Waals surface area contributed by atoms with E-state index in [-0.39, 0.29) is 4.90 Å². The lowest BCUT2D eigenvalue weighted by Crippen LogP contribution is -2.23. The van der Waals surface area contributed by atoms with E-state index in [1.807, 2.05) is 12.1 Å². The largest absolute Gasteiger partial charge is 0.316 e. The molecule has 1 fully saturated rings. The van der Waals surface area contributed by atoms with Crippen LogP contribution >= 0.6 is 0 Å². The number of hydrogen-bond acceptors (Lipinski definition) is 3. The summed E-state index contributed by atoms with van der Waals surface area (Å²) in [5, 5.41) is 8.54. The van der Waals surface area contributed by atoms with Gasteiger partial charge in [-0.2, -0.15) is 0 Å². The maximum atomic E-state index is 11.1. The molecule has 0 aromatic heterocycles. The highest BCUT2D eigenvalue weighted by atomic mass is 32.2. The molecular weight excluding hydrogens is 260 g/mol. The molecule has 0 unspecified atom stereocenters. The van der Waals surface area contributed by atoms with Crippen molar-refractivity contribution in [2.24, 2.45) is 11.1 Å². The number of nitrogens with one attached hydrogen (secondary N) is 1. The summed E-state index contributed by atoms with van der Waals surface area (Å²) in [6.07, 6.45) is 6.38. The van der Waals surface area contributed by atoms with Crippen molar-refractivity contribution in [1.29, 1.82) is 0 Å². The minimum Gasteiger partial charge on any atom is -0.316 e. The zero-order valence-corrected chi connectivity index (χ0v) is 12.0. The van der Waals surface area contributed by atoms with Crippen LogP contribution in [0.2, 0.25) is 0 Å². The van der Waals surface area contributed by atoms with Gasteiger partial charge in [-0.15, -0.1) is 0 Å². The quantitative estimate of drug-likeness (QED) is 0.779. The standard InChI is InChI=1S/C14H22N2O2S/c15-19(17,18)14-7-5-12(6-8-14)9-10-16-11-13-3-1-2-4-13/h5-8,13,16H,1-4,9-11H2,(H2,15,17,18). The van der Waals surface area contributed by atoms with Crippen molar-refractivity contribution in [1.82, 2.24) is 5.32 Å². The molecule has 1 aromatic rings. The van der Waals surface area contributed by atoms with Gasteiger partial charge in [-0.3, -0.25) is 0 Å². The summed E-state index contributed by atoms with van der Waals surface area (Å²) in [6.45, 7) is 2.04. The van der Waals surface area contributed by atoms with Crippen molar-refractivity contribution in [3.63, 3.8) is 0 Å². The van der Waals surface area contributed by atoms with E-state index >= 15 is 0 Å². The smallest absolute Gasteiger partial charge is 0.238 e. The van der Waals surface area contributed by atoms with Crippen molar-refractivity contribution in [2.75, 3.05) is 13.1 Å². The number of primary sulfonamides is 1. The third kappa shape index (κ3) is 4.60. The lowest BCUT2D eigenvalue weighted by Gasteiger charge is -2.10. The van der Waals surface area contributed by atoms with Gasteiger partial charge in [0.2, 0.25) is 10.0 Å². The van der Waals surface area contributed by atoms with Crippen LogP contribution in [0.4, 0.5) is 0 Å². The second kappa shape index (κ2) is 6.50. The van der Waals surface area contributed by atoms with Crippen molar-refractivity contribution < 1.29 is 8.42 Å². The Labute approximate surface area is 115 Å². The second-order valence-electron chi connectivity index (χ2n) is 5.29. The van der Waals surface area contributed by atoms with Crippen LogP contribution in [0, 0.1) is 5.92 Å². The summed E-state index contributed by atoms with van der Waals surface area (Å²) < 4.78 is 22.2. The average molecular weight is 282 g/mol. The van der Waals surface area contributed by atoms with Crippen LogP contribution in [0.1, 0.15) is 31.2 Å². The zero-order valence-electron chi connectivity index (χ0n) is 11.1. The Balaban J connectivity index is 1.74. The molecule has 3 N–H and O–H groups in total. The molecule has 1 aliphatic rings. The lowest BCUT2D eigenvalue weighted by molar-refractivity contribution is 0.492. The molecule has 1 saturated carbocycles. The van der Waals surface area contributed by atoms with E-state index in [1.165, 1.54) is 25.7 Å². The van der Waals surface area contributed by atoms with Gasteiger partial charge >= 0.3 is 0 Å². The Morgan fingerprint density at radius 2 is 1.79 bits per heavy atom. The monoisotopic (exact) mass is 282 g/mol. The molecule has 0 heterocycles. The first-order chi connectivity index (χ1) is 9.05. The summed E-state index contributed by atoms with van der Waals surface area (Å²) in [5.74, 6) is 0.852. The molecule has 1 aliphatic carbocycles. The molecule has 0 spiro atoms. The summed E-state index contributed by atoms with van der Waals surface area (Å²) in [7, 11) is -3.57. The van der Waals surface area contributed by atoms with Crippen molar-refractivity contribution >= 4 is 10.0 Å². The minimum absolute atomic E-state index is 0.176. The molecule has 4 nitrogen and oxygen atoms in total. The van der Waals surface area contributed by atoms with Crippen LogP contribution in [-0.4, -0.2) is 21.5 Å². The maximum Gasteiger partial charge on any atom is 0.238 e. The van der Waals surface area contributed by atoms with E-state index in [0.29, 0.717) is 0 Å². The Morgan fingerprint density at radius 3 is 2.37 bits per heavy atom. The lowest BCUT2D eigenvalue weighted by atomic mass is 10.1. The van der Waals surface area contributed by atoms with Crippen LogP contribution in [0.3, 0.4) is 0 Å². The van der Waals surface area contributed by atoms with Gasteiger partial charge in [-0.1, -0.05) is 25.0 Å². The summed E-state index contributed by atoms with van der Waals surface area (Å²) in [4.78, 5) is 0.176. The fraction of sp³-hybridized carbons (Fsp3) is 0.571. The molecular formula is C14H22N2O2S. The first-order valence-electron chi connectivity index (χ1n) is 6.88. The molecule has 0 atom stereocenters. The highest BCUT2D eigenvalue weighted by Crippen LogP contribution is 2.23. The molecule has 0 radical (unpaired) electrons. The molecule has 0 amide bonds. The second-order valence-corrected chi connectivity index (χ2v) is 6.85. The van der Waals surface area contributed by atoms with Crippen LogP contribution in [-0.2, 0) is 16.4 Å². The fourth-order valence-electron chi connectivity index (χ4n) is 2.60. The van der Waals surface area contributed by atoms with Crippen LogP contribution in [0.25, 0.3) is 0 Å². The third-order valence-corrected chi connectivity index (χ3v) is 4.68. The minimum atomic E-state index is -3.57. The number of rotatable bonds is 6. The van der Waals surface area contributed by atoms with Gasteiger partial charge in [0.15, 0.2) is 0 Å². The predicted molar refractivity (Wildman–Crippen MR) is 76.3 cm³/mol. The fourth-order valence-corrected chi connectivity index (χ4v) is 3.11. The summed E-state index contributed by atoms with van der Waals surface area (Å²) >= 11 is 0. The summed E-state index contributed by atoms with van der Waals surface area (Å²) in [5.41, 5.74) is 1.13. The Morgan fingerprint density at radius 1 is 1.16 bits per heavy atom. The Bertz CT molecular complexity index is 491. The van der Waals surface area contributed by atoms with Gasteiger partial charge in [0, 0.05) is 0 Å². The SMILES string of the molecule is NS(=O)(=O)c1ccc(CCNCC2CCCC2)cc1. The normalized spacial score (nSPS) is 16.9. The van der Waals surface area contributed by atoms with E-state index < -0.39 is 10.0 Å². The molecule has 0 aliphatic heterocycles. The van der Waals surface area contributed by atoms with Gasteiger partial charge in [-0.05, 0) is 56.0 Å². The summed E-state index contributed by atoms with van der Waals surface area (Å²) in [6, 6.07) is 6.80. The number of hydrogen-bond donors (Lipinski definition) is 2. The van der Waals surface area contributed by atoms with Gasteiger partial charge in [0.1, 0.15) is 0 Å². The van der Waals surface area contributed by atoms with Gasteiger partial charge in [0.25, 0.3) is 0 Å². The number of nitrogens with two attached hydrogens (primary N) is 1. The highest BCUT2D eigenvalue weighted by molar-refractivity contribution is 7.89. The number of sulfonamides is 1. The van der Waals surface area contributed by atoms with E-state index in [2.05, 4.69) is 5.32 Å². The van der Waals surface area contributed by atoms with Crippen molar-refractivity contribution in [2.45, 2.75) is 37.0 Å². The van der Waals surface area contributed by atoms with Crippen molar-refractivity contribution in [3.05, 3.63) is 29.8 Å². The first-order valence-corrected chi connectivity index (χ1v) is 8.43. The molecule has 19 heavy (non-hydrogen) atoms. The molecule has 0 saturated heterocycles. The third-order valence-electron chi connectivity index (χ3n) is 3.75. The average Bonchev–Trinajstić information content (AvgIpc) is 2.87. The van der Waals surface area contributed by atoms with Crippen LogP contribution < -0.4 is 10.5 Å². The molecule has 106 valence electrons. The van der Waals surface area contributed by atoms with Crippen molar-refractivity contribution in [3.8, 4) is 0 Å². The molecule has 0 bridgehead atoms. The van der Waals surface area contributed by atoms with Gasteiger partial charge in [-0.25, -0.2) is 13.6 Å². The zero-order chi connectivity index (χ0) is 13.7. The topological polar surface area (TPSA) is 72.2 Å². The molecule has 5 heteroatoms. The van der Waals surface area contributed by atoms with E-state index in [9.17, 15) is 8.42 Å². The van der Waals surface area contributed by atoms with Crippen LogP contribution in [0.15, 0.2) is 29.2 Å². The van der Waals surface area contributed by atoms with E-state index in [1.54, 1.807) is 12.1 Å². The van der Waals surface area contributed by atoms with E-state index in [4.69, 9.17) is 5.14 Å². The van der Waals surface area contributed by atoms with E-state index in [0.717, 1.165) is 31.0 Å². The van der Waals surface area contributed by atoms with Crippen LogP contribution in [0.5, 0.6) is 0 Å².